The van der Waals surface area contributed by atoms with E-state index in [2.05, 4.69) is 10.0 Å². The maximum Gasteiger partial charge on any atom is 0.225 e. The lowest BCUT2D eigenvalue weighted by Crippen LogP contribution is -2.42. The van der Waals surface area contributed by atoms with Crippen molar-refractivity contribution in [1.82, 2.24) is 4.90 Å². The maximum absolute atomic E-state index is 13.5. The Bertz CT molecular complexity index is 1830. The van der Waals surface area contributed by atoms with Crippen LogP contribution < -0.4 is 9.47 Å². The number of amides is 1. The van der Waals surface area contributed by atoms with Gasteiger partial charge in [-0.05, 0) is 52.9 Å². The highest BCUT2D eigenvalue weighted by Gasteiger charge is 2.41. The number of carbonyl (C=O) groups is 1. The number of β-amino-alcohol motifs (C(OH)–C–C–N with tert-alkyl or cyclic N) is 1. The number of methoxy groups -OCH3 is 2. The molecule has 3 aromatic carbocycles. The van der Waals surface area contributed by atoms with Gasteiger partial charge < -0.3 is 81.1 Å². The van der Waals surface area contributed by atoms with Crippen LogP contribution in [0, 0.1) is 0 Å². The van der Waals surface area contributed by atoms with Crippen LogP contribution in [0.3, 0.4) is 0 Å². The van der Waals surface area contributed by atoms with Gasteiger partial charge in [-0.1, -0.05) is 59.7 Å². The van der Waals surface area contributed by atoms with Gasteiger partial charge in [0.1, 0.15) is 17.1 Å². The van der Waals surface area contributed by atoms with Crippen LogP contribution in [-0.4, -0.2) is 221 Å². The Balaban J connectivity index is 0.925. The lowest BCUT2D eigenvalue weighted by atomic mass is 9.80. The Morgan fingerprint density at radius 2 is 0.865 bits per heavy atom. The third-order valence-corrected chi connectivity index (χ3v) is 11.3. The molecule has 1 heterocycles. The van der Waals surface area contributed by atoms with Crippen LogP contribution in [-0.2, 0) is 72.0 Å². The van der Waals surface area contributed by atoms with Gasteiger partial charge in [0.05, 0.1) is 198 Å². The normalized spacial score (nSPS) is 14.6. The molecule has 0 spiro atoms. The van der Waals surface area contributed by atoms with Crippen LogP contribution in [0.5, 0.6) is 11.5 Å². The summed E-state index contributed by atoms with van der Waals surface area (Å²) in [5, 5.41) is 14.1. The summed E-state index contributed by atoms with van der Waals surface area (Å²) in [4.78, 5) is 17.9. The van der Waals surface area contributed by atoms with Crippen molar-refractivity contribution in [2.24, 2.45) is 5.11 Å². The molecule has 0 unspecified atom stereocenters. The minimum absolute atomic E-state index is 0.109. The quantitative estimate of drug-likeness (QED) is 0.0262. The standard InChI is InChI=1S/C53H80N4O17/c1-60-50-12-8-46(9-13-50)53(45-6-4-3-5-7-45,47-10-14-51(61-2)15-11-47)74-44-48-42-49(58)43-57(48)52(59)16-18-62-20-22-64-24-26-66-28-30-68-32-34-70-36-38-72-40-41-73-39-37-71-35-33-69-31-29-67-27-25-65-23-21-63-19-17-55-56-54/h3-15,48-49,58H,16-44H2,1-2H3/t48-,49+/m0/s1. The van der Waals surface area contributed by atoms with Crippen molar-refractivity contribution < 1.29 is 81.0 Å². The summed E-state index contributed by atoms with van der Waals surface area (Å²) >= 11 is 0. The molecular formula is C53H80N4O17. The van der Waals surface area contributed by atoms with E-state index in [4.69, 9.17) is 76.6 Å². The number of hydrogen-bond donors (Lipinski definition) is 1. The lowest BCUT2D eigenvalue weighted by Gasteiger charge is -2.38. The van der Waals surface area contributed by atoms with Crippen molar-refractivity contribution >= 4 is 5.91 Å². The predicted molar refractivity (Wildman–Crippen MR) is 273 cm³/mol. The minimum Gasteiger partial charge on any atom is -0.497 e. The Morgan fingerprint density at radius 3 is 1.22 bits per heavy atom. The van der Waals surface area contributed by atoms with E-state index in [1.165, 1.54) is 0 Å². The van der Waals surface area contributed by atoms with Gasteiger partial charge in [-0.3, -0.25) is 4.79 Å². The van der Waals surface area contributed by atoms with Gasteiger partial charge in [-0.15, -0.1) is 0 Å². The summed E-state index contributed by atoms with van der Waals surface area (Å²) in [6.45, 7) is 11.2. The second kappa shape index (κ2) is 40.7. The van der Waals surface area contributed by atoms with Gasteiger partial charge in [-0.2, -0.15) is 0 Å². The molecule has 1 aliphatic rings. The molecule has 0 radical (unpaired) electrons. The molecule has 3 aromatic rings. The van der Waals surface area contributed by atoms with E-state index in [-0.39, 0.29) is 38.1 Å². The van der Waals surface area contributed by atoms with Gasteiger partial charge in [0.25, 0.3) is 0 Å². The van der Waals surface area contributed by atoms with E-state index in [0.717, 1.165) is 28.2 Å². The highest BCUT2D eigenvalue weighted by molar-refractivity contribution is 5.77. The van der Waals surface area contributed by atoms with Gasteiger partial charge >= 0.3 is 0 Å². The van der Waals surface area contributed by atoms with Crippen LogP contribution >= 0.6 is 0 Å². The largest absolute Gasteiger partial charge is 0.497 e. The molecular weight excluding hydrogens is 965 g/mol. The fourth-order valence-corrected chi connectivity index (χ4v) is 7.63. The Morgan fingerprint density at radius 1 is 0.527 bits per heavy atom. The molecule has 21 heteroatoms. The van der Waals surface area contributed by atoms with E-state index >= 15 is 0 Å². The van der Waals surface area contributed by atoms with E-state index in [9.17, 15) is 9.90 Å². The average Bonchev–Trinajstić information content (AvgIpc) is 3.82. The Hall–Kier alpha value is -4.52. The summed E-state index contributed by atoms with van der Waals surface area (Å²) in [6, 6.07) is 25.2. The number of rotatable bonds is 47. The number of ether oxygens (including phenoxy) is 15. The summed E-state index contributed by atoms with van der Waals surface area (Å²) < 4.78 is 84.1. The van der Waals surface area contributed by atoms with Gasteiger partial charge in [0, 0.05) is 18.0 Å². The van der Waals surface area contributed by atoms with E-state index < -0.39 is 11.7 Å². The number of likely N-dealkylation sites (tertiary alicyclic amines) is 1. The molecule has 4 rings (SSSR count). The molecule has 1 aliphatic heterocycles. The monoisotopic (exact) mass is 1040 g/mol. The Labute approximate surface area is 436 Å². The zero-order valence-corrected chi connectivity index (χ0v) is 43.4. The third-order valence-electron chi connectivity index (χ3n) is 11.3. The summed E-state index contributed by atoms with van der Waals surface area (Å²) in [7, 11) is 3.26. The van der Waals surface area contributed by atoms with Crippen LogP contribution in [0.1, 0.15) is 29.5 Å². The molecule has 1 fully saturated rings. The molecule has 0 aromatic heterocycles. The molecule has 0 bridgehead atoms. The smallest absolute Gasteiger partial charge is 0.225 e. The molecule has 1 saturated heterocycles. The summed E-state index contributed by atoms with van der Waals surface area (Å²) in [5.41, 5.74) is 9.82. The molecule has 21 nitrogen and oxygen atoms in total. The lowest BCUT2D eigenvalue weighted by molar-refractivity contribution is -0.135. The van der Waals surface area contributed by atoms with Crippen LogP contribution in [0.15, 0.2) is 84.0 Å². The molecule has 1 amide bonds. The first-order valence-corrected chi connectivity index (χ1v) is 25.4. The summed E-state index contributed by atoms with van der Waals surface area (Å²) in [6.07, 6.45) is -0.102. The average molecular weight is 1050 g/mol. The van der Waals surface area contributed by atoms with Crippen molar-refractivity contribution in [3.8, 4) is 11.5 Å². The molecule has 1 N–H and O–H groups in total. The van der Waals surface area contributed by atoms with Crippen molar-refractivity contribution in [2.45, 2.75) is 30.6 Å². The van der Waals surface area contributed by atoms with E-state index in [0.29, 0.717) is 165 Å². The number of aliphatic hydroxyl groups excluding tert-OH is 1. The van der Waals surface area contributed by atoms with Crippen molar-refractivity contribution in [2.75, 3.05) is 192 Å². The first-order chi connectivity index (χ1) is 36.5. The SMILES string of the molecule is COc1ccc(C(OC[C@@H]2C[C@@H](O)CN2C(=O)CCOCCOCCOCCOCCOCCOCCOCCOCCOCCOCCOCCOCCN=[N+]=[N-])(c2ccccc2)c2ccc(OC)cc2)cc1. The first kappa shape index (κ1) is 62.0. The topological polar surface area (TPSA) is 228 Å². The van der Waals surface area contributed by atoms with Crippen LogP contribution in [0.25, 0.3) is 10.4 Å². The number of nitrogens with zero attached hydrogens (tertiary/aromatic N) is 4. The third kappa shape index (κ3) is 25.3. The van der Waals surface area contributed by atoms with Crippen molar-refractivity contribution in [3.05, 3.63) is 106 Å². The number of hydrogen-bond acceptors (Lipinski definition) is 18. The van der Waals surface area contributed by atoms with Crippen LogP contribution in [0.2, 0.25) is 0 Å². The highest BCUT2D eigenvalue weighted by atomic mass is 16.6. The molecule has 0 saturated carbocycles. The Kier molecular flexibility index (Phi) is 34.2. The van der Waals surface area contributed by atoms with Crippen LogP contribution in [0.4, 0.5) is 0 Å². The van der Waals surface area contributed by atoms with Gasteiger partial charge in [-0.25, -0.2) is 0 Å². The predicted octanol–water partition coefficient (Wildman–Crippen LogP) is 4.87. The molecule has 0 aliphatic carbocycles. The highest BCUT2D eigenvalue weighted by Crippen LogP contribution is 2.42. The van der Waals surface area contributed by atoms with Gasteiger partial charge in [0.2, 0.25) is 5.91 Å². The maximum atomic E-state index is 13.5. The second-order valence-electron chi connectivity index (χ2n) is 16.5. The second-order valence-corrected chi connectivity index (χ2v) is 16.5. The van der Waals surface area contributed by atoms with Crippen molar-refractivity contribution in [1.29, 1.82) is 0 Å². The molecule has 74 heavy (non-hydrogen) atoms. The number of carbonyl (C=O) groups excluding carboxylic acids is 1. The van der Waals surface area contributed by atoms with Crippen molar-refractivity contribution in [3.63, 3.8) is 0 Å². The number of benzene rings is 3. The fraction of sp³-hybridized carbons (Fsp3) is 0.642. The van der Waals surface area contributed by atoms with E-state index in [1.807, 2.05) is 78.9 Å². The zero-order chi connectivity index (χ0) is 52.4. The minimum atomic E-state index is -1.04. The fourth-order valence-electron chi connectivity index (χ4n) is 7.63. The molecule has 2 atom stereocenters. The number of aliphatic hydroxyl groups is 1. The van der Waals surface area contributed by atoms with E-state index in [1.54, 1.807) is 19.1 Å². The van der Waals surface area contributed by atoms with Gasteiger partial charge in [0.15, 0.2) is 0 Å². The number of azide groups is 1. The molecule has 414 valence electrons. The first-order valence-electron chi connectivity index (χ1n) is 25.4. The summed E-state index contributed by atoms with van der Waals surface area (Å²) in [5.74, 6) is 1.33. The zero-order valence-electron chi connectivity index (χ0n) is 43.4.